The molecule has 9 heteroatoms. The molecule has 2 aromatic carbocycles. The van der Waals surface area contributed by atoms with Gasteiger partial charge in [-0.2, -0.15) is 0 Å². The first-order valence-electron chi connectivity index (χ1n) is 11.1. The average Bonchev–Trinajstić information content (AvgIpc) is 2.79. The van der Waals surface area contributed by atoms with Crippen LogP contribution in [0.1, 0.15) is 36.5 Å². The van der Waals surface area contributed by atoms with Gasteiger partial charge in [0.1, 0.15) is 5.82 Å². The van der Waals surface area contributed by atoms with E-state index in [4.69, 9.17) is 16.3 Å². The summed E-state index contributed by atoms with van der Waals surface area (Å²) < 4.78 is 18.4. The number of amides is 3. The Morgan fingerprint density at radius 3 is 2.45 bits per heavy atom. The van der Waals surface area contributed by atoms with E-state index in [9.17, 15) is 14.0 Å². The topological polar surface area (TPSA) is 82.7 Å². The highest BCUT2D eigenvalue weighted by Crippen LogP contribution is 2.29. The number of urea groups is 1. The number of carbonyl (C=O) groups excluding carboxylic acids is 2. The van der Waals surface area contributed by atoms with E-state index in [1.807, 2.05) is 6.07 Å². The zero-order chi connectivity index (χ0) is 23.8. The summed E-state index contributed by atoms with van der Waals surface area (Å²) in [6.07, 6.45) is 2.84. The molecule has 7 nitrogen and oxygen atoms in total. The number of hydrogen-bond acceptors (Lipinski definition) is 4. The Balaban J connectivity index is 1.75. The number of methoxy groups -OCH3 is 1. The number of ether oxygens (including phenoxy) is 1. The molecular formula is C24H30ClFN4O3. The van der Waals surface area contributed by atoms with E-state index < -0.39 is 11.8 Å². The third-order valence-electron chi connectivity index (χ3n) is 5.61. The monoisotopic (exact) mass is 476 g/mol. The zero-order valence-corrected chi connectivity index (χ0v) is 19.7. The minimum Gasteiger partial charge on any atom is -0.385 e. The minimum absolute atomic E-state index is 0.0829. The average molecular weight is 477 g/mol. The van der Waals surface area contributed by atoms with Crippen LogP contribution in [0.2, 0.25) is 5.02 Å². The van der Waals surface area contributed by atoms with Gasteiger partial charge in [-0.1, -0.05) is 18.5 Å². The lowest BCUT2D eigenvalue weighted by Crippen LogP contribution is -2.35. The molecule has 1 heterocycles. The van der Waals surface area contributed by atoms with Crippen LogP contribution in [0.3, 0.4) is 0 Å². The quantitative estimate of drug-likeness (QED) is 0.461. The fourth-order valence-corrected chi connectivity index (χ4v) is 3.88. The number of piperidine rings is 1. The van der Waals surface area contributed by atoms with Crippen LogP contribution in [0.25, 0.3) is 0 Å². The molecule has 3 amide bonds. The van der Waals surface area contributed by atoms with Crippen molar-refractivity contribution in [1.29, 1.82) is 0 Å². The number of nitrogens with zero attached hydrogens (tertiary/aromatic N) is 1. The second kappa shape index (κ2) is 11.9. The third-order valence-corrected chi connectivity index (χ3v) is 5.90. The van der Waals surface area contributed by atoms with Crippen LogP contribution < -0.4 is 20.9 Å². The molecule has 0 bridgehead atoms. The van der Waals surface area contributed by atoms with Crippen LogP contribution in [0.5, 0.6) is 0 Å². The van der Waals surface area contributed by atoms with Crippen LogP contribution in [-0.2, 0) is 4.74 Å². The van der Waals surface area contributed by atoms with Gasteiger partial charge in [-0.25, -0.2) is 9.18 Å². The van der Waals surface area contributed by atoms with Crippen molar-refractivity contribution < 1.29 is 18.7 Å². The maximum atomic E-state index is 13.3. The Bertz CT molecular complexity index is 980. The van der Waals surface area contributed by atoms with Crippen molar-refractivity contribution in [2.45, 2.75) is 26.2 Å². The number of anilines is 3. The fraction of sp³-hybridized carbons (Fsp3) is 0.417. The number of benzene rings is 2. The highest BCUT2D eigenvalue weighted by molar-refractivity contribution is 6.31. The molecule has 0 aromatic heterocycles. The van der Waals surface area contributed by atoms with Crippen molar-refractivity contribution in [2.75, 3.05) is 48.9 Å². The highest BCUT2D eigenvalue weighted by Gasteiger charge is 2.22. The number of hydrogen-bond donors (Lipinski definition) is 3. The second-order valence-corrected chi connectivity index (χ2v) is 8.62. The van der Waals surface area contributed by atoms with E-state index in [2.05, 4.69) is 27.8 Å². The number of carbonyl (C=O) groups is 2. The van der Waals surface area contributed by atoms with E-state index in [0.29, 0.717) is 42.4 Å². The summed E-state index contributed by atoms with van der Waals surface area (Å²) in [6.45, 7) is 5.05. The van der Waals surface area contributed by atoms with E-state index in [1.165, 1.54) is 18.2 Å². The molecule has 33 heavy (non-hydrogen) atoms. The number of halogens is 2. The molecule has 1 fully saturated rings. The van der Waals surface area contributed by atoms with Gasteiger partial charge in [-0.3, -0.25) is 4.79 Å². The van der Waals surface area contributed by atoms with Gasteiger partial charge in [0.15, 0.2) is 0 Å². The summed E-state index contributed by atoms with van der Waals surface area (Å²) in [5.74, 6) is -0.0993. The van der Waals surface area contributed by atoms with Crippen LogP contribution in [-0.4, -0.2) is 45.3 Å². The largest absolute Gasteiger partial charge is 0.385 e. The third kappa shape index (κ3) is 7.07. The summed E-state index contributed by atoms with van der Waals surface area (Å²) >= 11 is 5.77. The predicted octanol–water partition coefficient (Wildman–Crippen LogP) is 5.13. The molecular weight excluding hydrogens is 447 g/mol. The molecule has 1 aliphatic rings. The van der Waals surface area contributed by atoms with Crippen molar-refractivity contribution >= 4 is 40.6 Å². The lowest BCUT2D eigenvalue weighted by atomic mass is 9.98. The van der Waals surface area contributed by atoms with E-state index in [-0.39, 0.29) is 10.9 Å². The first kappa shape index (κ1) is 24.8. The summed E-state index contributed by atoms with van der Waals surface area (Å²) in [6, 6.07) is 8.71. The molecule has 0 saturated carbocycles. The van der Waals surface area contributed by atoms with Gasteiger partial charge in [-0.15, -0.1) is 0 Å². The summed E-state index contributed by atoms with van der Waals surface area (Å²) in [7, 11) is 1.62. The van der Waals surface area contributed by atoms with Gasteiger partial charge < -0.3 is 25.6 Å². The van der Waals surface area contributed by atoms with Gasteiger partial charge in [0.25, 0.3) is 5.91 Å². The molecule has 0 spiro atoms. The second-order valence-electron chi connectivity index (χ2n) is 8.21. The number of rotatable bonds is 8. The van der Waals surface area contributed by atoms with Gasteiger partial charge in [0.2, 0.25) is 0 Å². The van der Waals surface area contributed by atoms with Crippen molar-refractivity contribution in [3.05, 3.63) is 52.8 Å². The van der Waals surface area contributed by atoms with Crippen LogP contribution in [0.4, 0.5) is 26.2 Å². The Morgan fingerprint density at radius 1 is 1.12 bits per heavy atom. The van der Waals surface area contributed by atoms with Crippen molar-refractivity contribution in [3.8, 4) is 0 Å². The van der Waals surface area contributed by atoms with Crippen molar-refractivity contribution in [3.63, 3.8) is 0 Å². The maximum absolute atomic E-state index is 13.3. The summed E-state index contributed by atoms with van der Waals surface area (Å²) in [5.41, 5.74) is 2.18. The molecule has 3 N–H and O–H groups in total. The van der Waals surface area contributed by atoms with Gasteiger partial charge in [0.05, 0.1) is 10.6 Å². The summed E-state index contributed by atoms with van der Waals surface area (Å²) in [4.78, 5) is 27.6. The molecule has 0 unspecified atom stereocenters. The summed E-state index contributed by atoms with van der Waals surface area (Å²) in [5, 5.41) is 8.19. The molecule has 178 valence electrons. The molecule has 0 aliphatic carbocycles. The molecule has 3 rings (SSSR count). The maximum Gasteiger partial charge on any atom is 0.323 e. The SMILES string of the molecule is COCCCNC(=O)c1cc(NC(=O)Nc2ccc(F)c(Cl)c2)ccc1N1CCC(C)CC1. The molecule has 2 aromatic rings. The van der Waals surface area contributed by atoms with Crippen molar-refractivity contribution in [1.82, 2.24) is 5.32 Å². The zero-order valence-electron chi connectivity index (χ0n) is 18.9. The molecule has 1 saturated heterocycles. The van der Waals surface area contributed by atoms with E-state index in [0.717, 1.165) is 31.6 Å². The normalized spacial score (nSPS) is 14.1. The van der Waals surface area contributed by atoms with E-state index in [1.54, 1.807) is 19.2 Å². The molecule has 0 radical (unpaired) electrons. The first-order valence-corrected chi connectivity index (χ1v) is 11.4. The first-order chi connectivity index (χ1) is 15.9. The predicted molar refractivity (Wildman–Crippen MR) is 130 cm³/mol. The Morgan fingerprint density at radius 2 is 1.79 bits per heavy atom. The molecule has 0 atom stereocenters. The Hall–Kier alpha value is -2.84. The Kier molecular flexibility index (Phi) is 8.91. The number of nitrogens with one attached hydrogen (secondary N) is 3. The van der Waals surface area contributed by atoms with Crippen LogP contribution in [0, 0.1) is 11.7 Å². The fourth-order valence-electron chi connectivity index (χ4n) is 3.70. The highest BCUT2D eigenvalue weighted by atomic mass is 35.5. The van der Waals surface area contributed by atoms with Gasteiger partial charge >= 0.3 is 6.03 Å². The Labute approximate surface area is 198 Å². The lowest BCUT2D eigenvalue weighted by molar-refractivity contribution is 0.0949. The minimum atomic E-state index is -0.563. The van der Waals surface area contributed by atoms with Gasteiger partial charge in [0, 0.05) is 50.4 Å². The smallest absolute Gasteiger partial charge is 0.323 e. The van der Waals surface area contributed by atoms with Crippen LogP contribution in [0.15, 0.2) is 36.4 Å². The lowest BCUT2D eigenvalue weighted by Gasteiger charge is -2.33. The van der Waals surface area contributed by atoms with Crippen LogP contribution >= 0.6 is 11.6 Å². The van der Waals surface area contributed by atoms with E-state index >= 15 is 0 Å². The standard InChI is InChI=1S/C24H30ClFN4O3/c1-16-8-11-30(12-9-16)22-7-5-17(14-19(22)23(31)27-10-3-13-33-2)28-24(32)29-18-4-6-21(26)20(25)15-18/h4-7,14-16H,3,8-13H2,1-2H3,(H,27,31)(H2,28,29,32). The van der Waals surface area contributed by atoms with Gasteiger partial charge in [-0.05, 0) is 61.6 Å². The van der Waals surface area contributed by atoms with Crippen molar-refractivity contribution in [2.24, 2.45) is 5.92 Å². The molecule has 1 aliphatic heterocycles.